The van der Waals surface area contributed by atoms with Gasteiger partial charge >= 0.3 is 6.03 Å². The lowest BCUT2D eigenvalue weighted by atomic mass is 9.97. The summed E-state index contributed by atoms with van der Waals surface area (Å²) in [6.45, 7) is 5.05. The number of nitrogens with zero attached hydrogens (tertiary/aromatic N) is 1. The summed E-state index contributed by atoms with van der Waals surface area (Å²) in [5, 5.41) is 9.01. The standard InChI is InChI=1S/C22H26N4O3/c1-15-5-7-17(8-6-15)24-22(28)25-19-4-2-3-16-14-26(11-9-18(16)19)21(27)20-13-23-10-12-29-20/h2-8,20,23H,9-14H2,1H3,(H2,24,25,28). The number of morpholine rings is 1. The van der Waals surface area contributed by atoms with E-state index in [-0.39, 0.29) is 11.9 Å². The molecular weight excluding hydrogens is 368 g/mol. The smallest absolute Gasteiger partial charge is 0.323 e. The van der Waals surface area contributed by atoms with Crippen LogP contribution in [-0.4, -0.2) is 49.2 Å². The van der Waals surface area contributed by atoms with Crippen LogP contribution in [-0.2, 0) is 22.5 Å². The second kappa shape index (κ2) is 8.63. The van der Waals surface area contributed by atoms with Gasteiger partial charge in [0.2, 0.25) is 0 Å². The number of ether oxygens (including phenoxy) is 1. The number of benzene rings is 2. The van der Waals surface area contributed by atoms with E-state index in [1.807, 2.05) is 54.3 Å². The van der Waals surface area contributed by atoms with Gasteiger partial charge in [0.15, 0.2) is 0 Å². The van der Waals surface area contributed by atoms with Crippen molar-refractivity contribution in [2.75, 3.05) is 36.9 Å². The van der Waals surface area contributed by atoms with Crippen LogP contribution in [0.3, 0.4) is 0 Å². The number of hydrogen-bond acceptors (Lipinski definition) is 4. The fourth-order valence-corrected chi connectivity index (χ4v) is 3.76. The van der Waals surface area contributed by atoms with Crippen molar-refractivity contribution in [2.24, 2.45) is 0 Å². The Morgan fingerprint density at radius 1 is 1.14 bits per heavy atom. The lowest BCUT2D eigenvalue weighted by Gasteiger charge is -2.34. The van der Waals surface area contributed by atoms with Crippen LogP contribution < -0.4 is 16.0 Å². The lowest BCUT2D eigenvalue weighted by Crippen LogP contribution is -2.50. The highest BCUT2D eigenvalue weighted by Gasteiger charge is 2.30. The van der Waals surface area contributed by atoms with Gasteiger partial charge in [-0.25, -0.2) is 4.79 Å². The molecule has 0 radical (unpaired) electrons. The number of fused-ring (bicyclic) bond motifs is 1. The highest BCUT2D eigenvalue weighted by Crippen LogP contribution is 2.27. The van der Waals surface area contributed by atoms with Crippen LogP contribution in [0.15, 0.2) is 42.5 Å². The van der Waals surface area contributed by atoms with Gasteiger partial charge in [-0.05, 0) is 42.7 Å². The van der Waals surface area contributed by atoms with Gasteiger partial charge in [-0.15, -0.1) is 0 Å². The van der Waals surface area contributed by atoms with Gasteiger partial charge in [-0.2, -0.15) is 0 Å². The summed E-state index contributed by atoms with van der Waals surface area (Å²) >= 11 is 0. The molecule has 152 valence electrons. The molecule has 2 aliphatic heterocycles. The molecular formula is C22H26N4O3. The van der Waals surface area contributed by atoms with E-state index in [9.17, 15) is 9.59 Å². The summed E-state index contributed by atoms with van der Waals surface area (Å²) in [6, 6.07) is 13.2. The maximum atomic E-state index is 12.7. The number of nitrogens with one attached hydrogen (secondary N) is 3. The zero-order valence-electron chi connectivity index (χ0n) is 16.5. The molecule has 1 fully saturated rings. The van der Waals surface area contributed by atoms with Crippen LogP contribution >= 0.6 is 0 Å². The first kappa shape index (κ1) is 19.4. The Balaban J connectivity index is 1.42. The SMILES string of the molecule is Cc1ccc(NC(=O)Nc2cccc3c2CCN(C(=O)C2CNCCO2)C3)cc1. The Morgan fingerprint density at radius 2 is 1.97 bits per heavy atom. The topological polar surface area (TPSA) is 82.7 Å². The van der Waals surface area contributed by atoms with E-state index in [1.165, 1.54) is 0 Å². The minimum absolute atomic E-state index is 0.0262. The van der Waals surface area contributed by atoms with Crippen LogP contribution in [0.5, 0.6) is 0 Å². The fraction of sp³-hybridized carbons (Fsp3) is 0.364. The van der Waals surface area contributed by atoms with Crippen molar-refractivity contribution < 1.29 is 14.3 Å². The molecule has 2 aliphatic rings. The Kier molecular flexibility index (Phi) is 5.78. The number of aryl methyl sites for hydroxylation is 1. The maximum Gasteiger partial charge on any atom is 0.323 e. The quantitative estimate of drug-likeness (QED) is 0.747. The van der Waals surface area contributed by atoms with E-state index < -0.39 is 6.10 Å². The van der Waals surface area contributed by atoms with Crippen LogP contribution in [0.2, 0.25) is 0 Å². The van der Waals surface area contributed by atoms with Crippen LogP contribution in [0.1, 0.15) is 16.7 Å². The number of rotatable bonds is 3. The van der Waals surface area contributed by atoms with Crippen LogP contribution in [0.25, 0.3) is 0 Å². The van der Waals surface area contributed by atoms with Crippen molar-refractivity contribution in [3.63, 3.8) is 0 Å². The molecule has 1 saturated heterocycles. The highest BCUT2D eigenvalue weighted by atomic mass is 16.5. The lowest BCUT2D eigenvalue weighted by molar-refractivity contribution is -0.146. The molecule has 0 spiro atoms. The normalized spacial score (nSPS) is 18.7. The average Bonchev–Trinajstić information content (AvgIpc) is 2.75. The van der Waals surface area contributed by atoms with Crippen molar-refractivity contribution >= 4 is 23.3 Å². The van der Waals surface area contributed by atoms with E-state index in [1.54, 1.807) is 0 Å². The third kappa shape index (κ3) is 4.58. The van der Waals surface area contributed by atoms with Crippen LogP contribution in [0, 0.1) is 6.92 Å². The van der Waals surface area contributed by atoms with E-state index in [4.69, 9.17) is 4.74 Å². The predicted octanol–water partition coefficient (Wildman–Crippen LogP) is 2.51. The molecule has 2 aromatic rings. The molecule has 0 saturated carbocycles. The van der Waals surface area contributed by atoms with Gasteiger partial charge < -0.3 is 25.6 Å². The van der Waals surface area contributed by atoms with Gasteiger partial charge in [0.05, 0.1) is 6.61 Å². The van der Waals surface area contributed by atoms with E-state index in [0.29, 0.717) is 32.7 Å². The molecule has 0 bridgehead atoms. The Bertz CT molecular complexity index is 891. The number of carbonyl (C=O) groups excluding carboxylic acids is 2. The molecule has 7 nitrogen and oxygen atoms in total. The second-order valence-electron chi connectivity index (χ2n) is 7.46. The molecule has 1 atom stereocenters. The van der Waals surface area contributed by atoms with Gasteiger partial charge in [-0.3, -0.25) is 4.79 Å². The minimum Gasteiger partial charge on any atom is -0.366 e. The summed E-state index contributed by atoms with van der Waals surface area (Å²) in [5.74, 6) is 0.0262. The van der Waals surface area contributed by atoms with Crippen molar-refractivity contribution in [1.82, 2.24) is 10.2 Å². The van der Waals surface area contributed by atoms with E-state index >= 15 is 0 Å². The van der Waals surface area contributed by atoms with Gasteiger partial charge in [0.1, 0.15) is 6.10 Å². The molecule has 0 aromatic heterocycles. The third-order valence-corrected chi connectivity index (χ3v) is 5.34. The highest BCUT2D eigenvalue weighted by molar-refractivity contribution is 6.00. The average molecular weight is 394 g/mol. The molecule has 7 heteroatoms. The van der Waals surface area contributed by atoms with E-state index in [2.05, 4.69) is 16.0 Å². The molecule has 2 aromatic carbocycles. The number of amides is 3. The van der Waals surface area contributed by atoms with Crippen LogP contribution in [0.4, 0.5) is 16.2 Å². The molecule has 0 aliphatic carbocycles. The molecule has 3 N–H and O–H groups in total. The monoisotopic (exact) mass is 394 g/mol. The predicted molar refractivity (Wildman–Crippen MR) is 112 cm³/mol. The first-order valence-corrected chi connectivity index (χ1v) is 9.97. The van der Waals surface area contributed by atoms with Gasteiger partial charge in [-0.1, -0.05) is 29.8 Å². The third-order valence-electron chi connectivity index (χ3n) is 5.34. The van der Waals surface area contributed by atoms with Crippen molar-refractivity contribution in [2.45, 2.75) is 26.0 Å². The minimum atomic E-state index is -0.410. The largest absolute Gasteiger partial charge is 0.366 e. The molecule has 4 rings (SSSR count). The summed E-state index contributed by atoms with van der Waals surface area (Å²) < 4.78 is 5.60. The first-order valence-electron chi connectivity index (χ1n) is 9.97. The number of hydrogen-bond donors (Lipinski definition) is 3. The van der Waals surface area contributed by atoms with Gasteiger partial charge in [0, 0.05) is 37.6 Å². The molecule has 3 amide bonds. The summed E-state index contributed by atoms with van der Waals surface area (Å²) in [6.07, 6.45) is 0.286. The van der Waals surface area contributed by atoms with Crippen molar-refractivity contribution in [3.05, 3.63) is 59.2 Å². The first-order chi connectivity index (χ1) is 14.1. The van der Waals surface area contributed by atoms with Crippen molar-refractivity contribution in [1.29, 1.82) is 0 Å². The number of urea groups is 1. The molecule has 29 heavy (non-hydrogen) atoms. The second-order valence-corrected chi connectivity index (χ2v) is 7.46. The molecule has 1 unspecified atom stereocenters. The Morgan fingerprint density at radius 3 is 2.72 bits per heavy atom. The number of carbonyl (C=O) groups is 2. The zero-order chi connectivity index (χ0) is 20.2. The number of anilines is 2. The Labute approximate surface area is 170 Å². The fourth-order valence-electron chi connectivity index (χ4n) is 3.76. The zero-order valence-corrected chi connectivity index (χ0v) is 16.5. The maximum absolute atomic E-state index is 12.7. The summed E-state index contributed by atoms with van der Waals surface area (Å²) in [5.41, 5.74) is 4.81. The van der Waals surface area contributed by atoms with Crippen molar-refractivity contribution in [3.8, 4) is 0 Å². The summed E-state index contributed by atoms with van der Waals surface area (Å²) in [7, 11) is 0. The molecule has 2 heterocycles. The summed E-state index contributed by atoms with van der Waals surface area (Å²) in [4.78, 5) is 27.0. The van der Waals surface area contributed by atoms with Gasteiger partial charge in [0.25, 0.3) is 5.91 Å². The Hall–Kier alpha value is -2.90. The van der Waals surface area contributed by atoms with E-state index in [0.717, 1.165) is 34.6 Å².